The van der Waals surface area contributed by atoms with Gasteiger partial charge in [-0.1, -0.05) is 13.0 Å². The molecule has 1 aromatic heterocycles. The predicted octanol–water partition coefficient (Wildman–Crippen LogP) is 2.04. The number of benzene rings is 1. The number of anilines is 1. The molecule has 0 saturated heterocycles. The highest BCUT2D eigenvalue weighted by Gasteiger charge is 2.20. The van der Waals surface area contributed by atoms with Crippen LogP contribution in [0.5, 0.6) is 0 Å². The number of carboxylic acids is 1. The molecule has 0 fully saturated rings. The van der Waals surface area contributed by atoms with E-state index in [0.717, 1.165) is 6.07 Å². The van der Waals surface area contributed by atoms with Gasteiger partial charge in [0.2, 0.25) is 0 Å². The number of nitrogens with one attached hydrogen (secondary N) is 1. The third kappa shape index (κ3) is 3.22. The summed E-state index contributed by atoms with van der Waals surface area (Å²) in [5.41, 5.74) is 1.05. The van der Waals surface area contributed by atoms with E-state index in [1.165, 1.54) is 18.4 Å². The smallest absolute Gasteiger partial charge is 0.336 e. The molecule has 0 aliphatic carbocycles. The average molecular weight is 310 g/mol. The van der Waals surface area contributed by atoms with E-state index >= 15 is 0 Å². The Kier molecular flexibility index (Phi) is 3.99. The second-order valence-electron chi connectivity index (χ2n) is 4.38. The maximum atomic E-state index is 12.2. The molecule has 0 aliphatic heterocycles. The standard InChI is InChI=1S/C13H14N2O5S/c1-3-9-4-5-10(6-11(9)12(16)17)21(18,19)15-13-14-8(2)7-20-13/h4-7H,3H2,1-2H3,(H,14,15)(H,16,17). The van der Waals surface area contributed by atoms with Crippen LogP contribution < -0.4 is 4.72 Å². The molecule has 112 valence electrons. The number of nitrogens with zero attached hydrogens (tertiary/aromatic N) is 1. The minimum atomic E-state index is -3.95. The molecular formula is C13H14N2O5S. The molecule has 0 amide bonds. The molecule has 0 unspecified atom stereocenters. The topological polar surface area (TPSA) is 110 Å². The van der Waals surface area contributed by atoms with Crippen molar-refractivity contribution in [2.24, 2.45) is 0 Å². The van der Waals surface area contributed by atoms with E-state index in [1.54, 1.807) is 13.8 Å². The lowest BCUT2D eigenvalue weighted by Gasteiger charge is -2.08. The molecule has 21 heavy (non-hydrogen) atoms. The van der Waals surface area contributed by atoms with E-state index in [1.807, 2.05) is 0 Å². The highest BCUT2D eigenvalue weighted by molar-refractivity contribution is 7.92. The van der Waals surface area contributed by atoms with Gasteiger partial charge in [-0.15, -0.1) is 0 Å². The highest BCUT2D eigenvalue weighted by atomic mass is 32.2. The Balaban J connectivity index is 2.40. The fourth-order valence-electron chi connectivity index (χ4n) is 1.80. The first-order valence-electron chi connectivity index (χ1n) is 6.14. The Morgan fingerprint density at radius 1 is 1.43 bits per heavy atom. The Hall–Kier alpha value is -2.35. The Morgan fingerprint density at radius 2 is 2.14 bits per heavy atom. The summed E-state index contributed by atoms with van der Waals surface area (Å²) >= 11 is 0. The molecule has 0 radical (unpaired) electrons. The second kappa shape index (κ2) is 5.57. The largest absolute Gasteiger partial charge is 0.478 e. The summed E-state index contributed by atoms with van der Waals surface area (Å²) in [6, 6.07) is 3.80. The molecule has 8 heteroatoms. The SMILES string of the molecule is CCc1ccc(S(=O)(=O)Nc2nc(C)co2)cc1C(=O)O. The molecule has 2 rings (SSSR count). The van der Waals surface area contributed by atoms with Gasteiger partial charge >= 0.3 is 12.0 Å². The number of carbonyl (C=O) groups is 1. The first-order valence-corrected chi connectivity index (χ1v) is 7.63. The summed E-state index contributed by atoms with van der Waals surface area (Å²) in [4.78, 5) is 14.9. The van der Waals surface area contributed by atoms with Crippen LogP contribution in [-0.4, -0.2) is 24.5 Å². The zero-order chi connectivity index (χ0) is 15.6. The normalized spacial score (nSPS) is 11.3. The van der Waals surface area contributed by atoms with Crippen LogP contribution in [-0.2, 0) is 16.4 Å². The van der Waals surface area contributed by atoms with Crippen LogP contribution in [0.4, 0.5) is 6.01 Å². The summed E-state index contributed by atoms with van der Waals surface area (Å²) in [5, 5.41) is 9.13. The summed E-state index contributed by atoms with van der Waals surface area (Å²) in [7, 11) is -3.95. The number of aromatic nitrogens is 1. The third-order valence-electron chi connectivity index (χ3n) is 2.84. The molecular weight excluding hydrogens is 296 g/mol. The third-order valence-corrected chi connectivity index (χ3v) is 4.16. The van der Waals surface area contributed by atoms with Gasteiger partial charge in [0.05, 0.1) is 16.2 Å². The van der Waals surface area contributed by atoms with Crippen molar-refractivity contribution in [1.82, 2.24) is 4.98 Å². The maximum absolute atomic E-state index is 12.2. The van der Waals surface area contributed by atoms with Crippen molar-refractivity contribution in [3.63, 3.8) is 0 Å². The quantitative estimate of drug-likeness (QED) is 0.874. The number of aromatic carboxylic acids is 1. The van der Waals surface area contributed by atoms with Gasteiger partial charge in [-0.05, 0) is 31.0 Å². The van der Waals surface area contributed by atoms with E-state index in [2.05, 4.69) is 9.71 Å². The number of hydrogen-bond donors (Lipinski definition) is 2. The summed E-state index contributed by atoms with van der Waals surface area (Å²) < 4.78 is 31.4. The minimum absolute atomic E-state index is 0.0380. The van der Waals surface area contributed by atoms with E-state index in [0.29, 0.717) is 17.7 Å². The molecule has 1 aromatic carbocycles. The molecule has 0 bridgehead atoms. The lowest BCUT2D eigenvalue weighted by Crippen LogP contribution is -2.14. The number of aryl methyl sites for hydroxylation is 2. The Bertz CT molecular complexity index is 780. The highest BCUT2D eigenvalue weighted by Crippen LogP contribution is 2.20. The predicted molar refractivity (Wildman–Crippen MR) is 74.8 cm³/mol. The van der Waals surface area contributed by atoms with E-state index in [-0.39, 0.29) is 16.5 Å². The Labute approximate surface area is 121 Å². The van der Waals surface area contributed by atoms with Gasteiger partial charge in [0, 0.05) is 0 Å². The van der Waals surface area contributed by atoms with E-state index in [4.69, 9.17) is 9.52 Å². The van der Waals surface area contributed by atoms with Crippen molar-refractivity contribution in [3.8, 4) is 0 Å². The number of sulfonamides is 1. The minimum Gasteiger partial charge on any atom is -0.478 e. The van der Waals surface area contributed by atoms with Crippen molar-refractivity contribution >= 4 is 22.0 Å². The van der Waals surface area contributed by atoms with Crippen LogP contribution in [0, 0.1) is 6.92 Å². The number of hydrogen-bond acceptors (Lipinski definition) is 5. The van der Waals surface area contributed by atoms with Crippen molar-refractivity contribution in [3.05, 3.63) is 41.3 Å². The lowest BCUT2D eigenvalue weighted by atomic mass is 10.1. The Morgan fingerprint density at radius 3 is 2.67 bits per heavy atom. The molecule has 0 atom stereocenters. The van der Waals surface area contributed by atoms with Crippen molar-refractivity contribution < 1.29 is 22.7 Å². The van der Waals surface area contributed by atoms with Crippen LogP contribution in [0.3, 0.4) is 0 Å². The molecule has 1 heterocycles. The fraction of sp³-hybridized carbons (Fsp3) is 0.231. The summed E-state index contributed by atoms with van der Waals surface area (Å²) in [5.74, 6) is -1.17. The number of rotatable bonds is 5. The fourth-order valence-corrected chi connectivity index (χ4v) is 2.77. The van der Waals surface area contributed by atoms with Crippen molar-refractivity contribution in [2.45, 2.75) is 25.2 Å². The average Bonchev–Trinajstić information content (AvgIpc) is 2.82. The maximum Gasteiger partial charge on any atom is 0.336 e. The van der Waals surface area contributed by atoms with Crippen LogP contribution in [0.1, 0.15) is 28.5 Å². The van der Waals surface area contributed by atoms with E-state index in [9.17, 15) is 13.2 Å². The van der Waals surface area contributed by atoms with Gasteiger partial charge in [-0.3, -0.25) is 0 Å². The molecule has 0 saturated carbocycles. The van der Waals surface area contributed by atoms with Gasteiger partial charge in [0.25, 0.3) is 10.0 Å². The van der Waals surface area contributed by atoms with Crippen LogP contribution in [0.25, 0.3) is 0 Å². The van der Waals surface area contributed by atoms with Gasteiger partial charge in [0.1, 0.15) is 6.26 Å². The lowest BCUT2D eigenvalue weighted by molar-refractivity contribution is 0.0695. The first-order chi connectivity index (χ1) is 9.83. The van der Waals surface area contributed by atoms with Gasteiger partial charge in [-0.25, -0.2) is 17.9 Å². The number of oxazole rings is 1. The van der Waals surface area contributed by atoms with Gasteiger partial charge in [0.15, 0.2) is 0 Å². The first kappa shape index (κ1) is 15.0. The van der Waals surface area contributed by atoms with Gasteiger partial charge < -0.3 is 9.52 Å². The second-order valence-corrected chi connectivity index (χ2v) is 6.06. The number of carboxylic acid groups (broad SMARTS) is 1. The van der Waals surface area contributed by atoms with Crippen molar-refractivity contribution in [2.75, 3.05) is 4.72 Å². The van der Waals surface area contributed by atoms with Crippen LogP contribution in [0.2, 0.25) is 0 Å². The van der Waals surface area contributed by atoms with Gasteiger partial charge in [-0.2, -0.15) is 4.98 Å². The molecule has 2 N–H and O–H groups in total. The molecule has 7 nitrogen and oxygen atoms in total. The molecule has 0 aliphatic rings. The van der Waals surface area contributed by atoms with Crippen LogP contribution >= 0.6 is 0 Å². The zero-order valence-corrected chi connectivity index (χ0v) is 12.3. The zero-order valence-electron chi connectivity index (χ0n) is 11.5. The molecule has 2 aromatic rings. The monoisotopic (exact) mass is 310 g/mol. The summed E-state index contributed by atoms with van der Waals surface area (Å²) in [6.07, 6.45) is 1.80. The van der Waals surface area contributed by atoms with E-state index < -0.39 is 16.0 Å². The van der Waals surface area contributed by atoms with Crippen LogP contribution in [0.15, 0.2) is 33.8 Å². The van der Waals surface area contributed by atoms with Crippen molar-refractivity contribution in [1.29, 1.82) is 0 Å². The summed E-state index contributed by atoms with van der Waals surface area (Å²) in [6.45, 7) is 3.45. The molecule has 0 spiro atoms.